The monoisotopic (exact) mass is 417 g/mol. The van der Waals surface area contributed by atoms with Crippen molar-refractivity contribution in [3.05, 3.63) is 64.2 Å². The van der Waals surface area contributed by atoms with Gasteiger partial charge in [-0.2, -0.15) is 0 Å². The molecule has 3 aliphatic rings. The van der Waals surface area contributed by atoms with Gasteiger partial charge in [-0.05, 0) is 73.6 Å². The number of imide groups is 1. The van der Waals surface area contributed by atoms with Crippen LogP contribution in [-0.2, 0) is 28.0 Å². The number of anilines is 1. The van der Waals surface area contributed by atoms with E-state index in [2.05, 4.69) is 10.6 Å². The molecule has 2 N–H and O–H groups in total. The summed E-state index contributed by atoms with van der Waals surface area (Å²) in [6.45, 7) is 3.11. The maximum Gasteiger partial charge on any atom is 0.325 e. The summed E-state index contributed by atoms with van der Waals surface area (Å²) in [5.41, 5.74) is 3.84. The maximum absolute atomic E-state index is 13.2. The van der Waals surface area contributed by atoms with Gasteiger partial charge in [0.1, 0.15) is 5.54 Å². The molecule has 0 unspecified atom stereocenters. The van der Waals surface area contributed by atoms with Crippen molar-refractivity contribution in [1.29, 1.82) is 0 Å². The molecular formula is C24H23N3O4. The number of nitrogens with one attached hydrogen (secondary N) is 2. The minimum atomic E-state index is -1.20. The Labute approximate surface area is 179 Å². The number of fused-ring (bicyclic) bond motifs is 2. The minimum absolute atomic E-state index is 0.112. The van der Waals surface area contributed by atoms with Crippen molar-refractivity contribution in [2.45, 2.75) is 44.6 Å². The van der Waals surface area contributed by atoms with Crippen LogP contribution in [0.4, 0.5) is 10.5 Å². The van der Waals surface area contributed by atoms with Crippen LogP contribution in [0.2, 0.25) is 0 Å². The third-order valence-electron chi connectivity index (χ3n) is 6.74. The van der Waals surface area contributed by atoms with Gasteiger partial charge >= 0.3 is 6.03 Å². The summed E-state index contributed by atoms with van der Waals surface area (Å²) < 4.78 is 0. The zero-order valence-corrected chi connectivity index (χ0v) is 17.5. The van der Waals surface area contributed by atoms with E-state index in [1.807, 2.05) is 18.2 Å². The Hall–Kier alpha value is -3.48. The number of carbonyl (C=O) groups excluding carboxylic acids is 4. The molecule has 1 aliphatic carbocycles. The average molecular weight is 417 g/mol. The predicted molar refractivity (Wildman–Crippen MR) is 114 cm³/mol. The van der Waals surface area contributed by atoms with E-state index in [1.165, 1.54) is 11.1 Å². The lowest BCUT2D eigenvalue weighted by Crippen LogP contribution is -2.41. The molecule has 2 heterocycles. The number of aryl methyl sites for hydroxylation is 2. The van der Waals surface area contributed by atoms with Crippen LogP contribution in [0.3, 0.4) is 0 Å². The average Bonchev–Trinajstić information content (AvgIpc) is 3.40. The van der Waals surface area contributed by atoms with E-state index in [9.17, 15) is 19.2 Å². The highest BCUT2D eigenvalue weighted by Gasteiger charge is 2.49. The fourth-order valence-corrected chi connectivity index (χ4v) is 4.74. The second-order valence-electron chi connectivity index (χ2n) is 8.72. The van der Waals surface area contributed by atoms with Crippen LogP contribution in [0.5, 0.6) is 0 Å². The van der Waals surface area contributed by atoms with Crippen molar-refractivity contribution in [2.75, 3.05) is 11.9 Å². The van der Waals surface area contributed by atoms with Crippen LogP contribution in [0.15, 0.2) is 36.4 Å². The molecule has 0 saturated carbocycles. The van der Waals surface area contributed by atoms with Crippen LogP contribution in [0.1, 0.15) is 58.8 Å². The molecule has 4 amide bonds. The van der Waals surface area contributed by atoms with Crippen molar-refractivity contribution in [3.8, 4) is 0 Å². The molecule has 0 bridgehead atoms. The van der Waals surface area contributed by atoms with Crippen LogP contribution < -0.4 is 10.6 Å². The van der Waals surface area contributed by atoms with Crippen LogP contribution in [-0.4, -0.2) is 35.1 Å². The number of Topliss-reactive ketones (excluding diaryl/α,β-unsaturated/α-hetero) is 1. The summed E-state index contributed by atoms with van der Waals surface area (Å²) in [5, 5.41) is 5.55. The van der Waals surface area contributed by atoms with Crippen LogP contribution >= 0.6 is 0 Å². The Morgan fingerprint density at radius 2 is 1.87 bits per heavy atom. The van der Waals surface area contributed by atoms with E-state index in [-0.39, 0.29) is 24.2 Å². The van der Waals surface area contributed by atoms with Crippen molar-refractivity contribution in [3.63, 3.8) is 0 Å². The van der Waals surface area contributed by atoms with E-state index < -0.39 is 17.5 Å². The van der Waals surface area contributed by atoms with Gasteiger partial charge in [-0.25, -0.2) is 4.79 Å². The van der Waals surface area contributed by atoms with Gasteiger partial charge in [0.2, 0.25) is 5.91 Å². The summed E-state index contributed by atoms with van der Waals surface area (Å²) in [5.74, 6) is -1.24. The number of nitrogens with zero attached hydrogens (tertiary/aromatic N) is 1. The lowest BCUT2D eigenvalue weighted by Gasteiger charge is -2.23. The van der Waals surface area contributed by atoms with E-state index in [0.717, 1.165) is 35.3 Å². The van der Waals surface area contributed by atoms with Gasteiger partial charge in [0.15, 0.2) is 5.78 Å². The molecule has 1 saturated heterocycles. The van der Waals surface area contributed by atoms with E-state index in [4.69, 9.17) is 0 Å². The maximum atomic E-state index is 13.2. The van der Waals surface area contributed by atoms with Crippen molar-refractivity contribution >= 4 is 29.3 Å². The molecule has 1 fully saturated rings. The number of hydrogen-bond acceptors (Lipinski definition) is 4. The molecule has 2 aromatic rings. The molecule has 0 aromatic heterocycles. The standard InChI is InChI=1S/C24H23N3O4/c1-13-18-11-16(7-9-19(18)25-21(13)29)20(28)12-27-22(30)24(2,26-23(27)31)17-8-6-14-4-3-5-15(14)10-17/h6-11,13H,3-5,12H2,1-2H3,(H,25,29)(H,26,31)/t13-,24-/m0/s1. The molecule has 31 heavy (non-hydrogen) atoms. The molecule has 0 spiro atoms. The zero-order valence-electron chi connectivity index (χ0n) is 17.5. The highest BCUT2D eigenvalue weighted by Crippen LogP contribution is 2.34. The van der Waals surface area contributed by atoms with E-state index >= 15 is 0 Å². The smallest absolute Gasteiger partial charge is 0.325 e. The first kappa shape index (κ1) is 19.5. The predicted octanol–water partition coefficient (Wildman–Crippen LogP) is 2.88. The first-order valence-electron chi connectivity index (χ1n) is 10.5. The summed E-state index contributed by atoms with van der Waals surface area (Å²) in [4.78, 5) is 51.6. The third-order valence-corrected chi connectivity index (χ3v) is 6.74. The number of carbonyl (C=O) groups is 4. The van der Waals surface area contributed by atoms with Crippen molar-refractivity contribution < 1.29 is 19.2 Å². The molecule has 0 radical (unpaired) electrons. The first-order chi connectivity index (χ1) is 14.8. The van der Waals surface area contributed by atoms with E-state index in [1.54, 1.807) is 32.0 Å². The number of benzene rings is 2. The van der Waals surface area contributed by atoms with Gasteiger partial charge in [-0.3, -0.25) is 19.3 Å². The van der Waals surface area contributed by atoms with Gasteiger partial charge in [0.25, 0.3) is 5.91 Å². The highest BCUT2D eigenvalue weighted by molar-refractivity contribution is 6.12. The number of urea groups is 1. The topological polar surface area (TPSA) is 95.6 Å². The number of hydrogen-bond donors (Lipinski definition) is 2. The minimum Gasteiger partial charge on any atom is -0.325 e. The van der Waals surface area contributed by atoms with Crippen LogP contribution in [0, 0.1) is 0 Å². The lowest BCUT2D eigenvalue weighted by atomic mass is 9.89. The quantitative estimate of drug-likeness (QED) is 0.591. The molecule has 2 aliphatic heterocycles. The molecule has 2 aromatic carbocycles. The Morgan fingerprint density at radius 3 is 2.68 bits per heavy atom. The number of amides is 4. The fraction of sp³-hybridized carbons (Fsp3) is 0.333. The molecule has 158 valence electrons. The molecule has 7 heteroatoms. The molecule has 5 rings (SSSR count). The largest absolute Gasteiger partial charge is 0.325 e. The summed E-state index contributed by atoms with van der Waals surface area (Å²) in [7, 11) is 0. The SMILES string of the molecule is C[C@@H]1C(=O)Nc2ccc(C(=O)CN3C(=O)N[C@@](C)(c4ccc5c(c4)CCC5)C3=O)cc21. The normalized spacial score (nSPS) is 24.1. The second kappa shape index (κ2) is 6.77. The molecular weight excluding hydrogens is 394 g/mol. The van der Waals surface area contributed by atoms with Gasteiger partial charge in [0, 0.05) is 11.3 Å². The summed E-state index contributed by atoms with van der Waals surface area (Å²) >= 11 is 0. The third kappa shape index (κ3) is 2.95. The molecule has 2 atom stereocenters. The van der Waals surface area contributed by atoms with Crippen molar-refractivity contribution in [1.82, 2.24) is 10.2 Å². The first-order valence-corrected chi connectivity index (χ1v) is 10.5. The Bertz CT molecular complexity index is 1170. The number of rotatable bonds is 4. The fourth-order valence-electron chi connectivity index (χ4n) is 4.74. The second-order valence-corrected chi connectivity index (χ2v) is 8.72. The molecule has 7 nitrogen and oxygen atoms in total. The van der Waals surface area contributed by atoms with E-state index in [0.29, 0.717) is 11.3 Å². The van der Waals surface area contributed by atoms with Gasteiger partial charge < -0.3 is 10.6 Å². The number of ketones is 1. The summed E-state index contributed by atoms with van der Waals surface area (Å²) in [6, 6.07) is 10.3. The summed E-state index contributed by atoms with van der Waals surface area (Å²) in [6.07, 6.45) is 3.10. The lowest BCUT2D eigenvalue weighted by molar-refractivity contribution is -0.130. The van der Waals surface area contributed by atoms with Gasteiger partial charge in [-0.1, -0.05) is 18.2 Å². The van der Waals surface area contributed by atoms with Gasteiger partial charge in [-0.15, -0.1) is 0 Å². The van der Waals surface area contributed by atoms with Crippen LogP contribution in [0.25, 0.3) is 0 Å². The Morgan fingerprint density at radius 1 is 1.10 bits per heavy atom. The van der Waals surface area contributed by atoms with Gasteiger partial charge in [0.05, 0.1) is 12.5 Å². The van der Waals surface area contributed by atoms with Crippen molar-refractivity contribution in [2.24, 2.45) is 0 Å². The highest BCUT2D eigenvalue weighted by atomic mass is 16.2. The Balaban J connectivity index is 1.38. The Kier molecular flexibility index (Phi) is 4.25. The zero-order chi connectivity index (χ0) is 21.9.